The van der Waals surface area contributed by atoms with Gasteiger partial charge in [0.2, 0.25) is 11.8 Å². The van der Waals surface area contributed by atoms with Gasteiger partial charge < -0.3 is 9.73 Å². The Hall–Kier alpha value is -2.74. The average molecular weight is 375 g/mol. The number of rotatable bonds is 5. The Balaban J connectivity index is 1.67. The van der Waals surface area contributed by atoms with Gasteiger partial charge in [-0.25, -0.2) is 8.78 Å². The van der Waals surface area contributed by atoms with Gasteiger partial charge in [-0.1, -0.05) is 30.0 Å². The quantitative estimate of drug-likeness (QED) is 0.668. The van der Waals surface area contributed by atoms with E-state index in [-0.39, 0.29) is 10.9 Å². The molecule has 8 heteroatoms. The highest BCUT2D eigenvalue weighted by molar-refractivity contribution is 8.00. The van der Waals surface area contributed by atoms with Gasteiger partial charge in [-0.3, -0.25) is 4.79 Å². The van der Waals surface area contributed by atoms with E-state index in [1.165, 1.54) is 6.07 Å². The molecule has 1 atom stereocenters. The van der Waals surface area contributed by atoms with Crippen molar-refractivity contribution in [1.29, 1.82) is 0 Å². The van der Waals surface area contributed by atoms with Gasteiger partial charge in [0.25, 0.3) is 5.22 Å². The molecule has 26 heavy (non-hydrogen) atoms. The Morgan fingerprint density at radius 2 is 1.96 bits per heavy atom. The highest BCUT2D eigenvalue weighted by Gasteiger charge is 2.20. The minimum absolute atomic E-state index is 0.0880. The molecule has 0 fully saturated rings. The number of benzene rings is 2. The Bertz CT molecular complexity index is 946. The van der Waals surface area contributed by atoms with E-state index in [1.807, 2.05) is 31.2 Å². The molecule has 0 aliphatic rings. The lowest BCUT2D eigenvalue weighted by molar-refractivity contribution is -0.115. The summed E-state index contributed by atoms with van der Waals surface area (Å²) in [7, 11) is 0. The third-order valence-corrected chi connectivity index (χ3v) is 4.55. The molecule has 3 rings (SSSR count). The number of carbonyl (C=O) groups excluding carboxylic acids is 1. The summed E-state index contributed by atoms with van der Waals surface area (Å²) >= 11 is 1.05. The molecule has 0 spiro atoms. The minimum Gasteiger partial charge on any atom is -0.411 e. The van der Waals surface area contributed by atoms with E-state index in [0.717, 1.165) is 29.0 Å². The molecule has 0 saturated carbocycles. The molecule has 0 aliphatic heterocycles. The van der Waals surface area contributed by atoms with Gasteiger partial charge in [-0.05, 0) is 37.6 Å². The van der Waals surface area contributed by atoms with Crippen molar-refractivity contribution in [3.63, 3.8) is 0 Å². The molecule has 1 amide bonds. The predicted octanol–water partition coefficient (Wildman–Crippen LogP) is 4.44. The minimum atomic E-state index is -0.838. The van der Waals surface area contributed by atoms with Crippen molar-refractivity contribution < 1.29 is 18.0 Å². The Kier molecular flexibility index (Phi) is 5.32. The van der Waals surface area contributed by atoms with E-state index in [2.05, 4.69) is 15.5 Å². The van der Waals surface area contributed by atoms with Crippen molar-refractivity contribution in [3.8, 4) is 11.5 Å². The monoisotopic (exact) mass is 375 g/mol. The Morgan fingerprint density at radius 3 is 2.69 bits per heavy atom. The van der Waals surface area contributed by atoms with Crippen molar-refractivity contribution >= 4 is 23.4 Å². The number of nitrogens with zero attached hydrogens (tertiary/aromatic N) is 2. The van der Waals surface area contributed by atoms with Gasteiger partial charge in [-0.2, -0.15) is 0 Å². The van der Waals surface area contributed by atoms with Gasteiger partial charge in [0.15, 0.2) is 0 Å². The summed E-state index contributed by atoms with van der Waals surface area (Å²) in [6, 6.07) is 10.5. The van der Waals surface area contributed by atoms with Crippen LogP contribution >= 0.6 is 11.8 Å². The first-order valence-electron chi connectivity index (χ1n) is 7.76. The zero-order valence-electron chi connectivity index (χ0n) is 14.0. The summed E-state index contributed by atoms with van der Waals surface area (Å²) < 4.78 is 32.1. The lowest BCUT2D eigenvalue weighted by atomic mass is 10.1. The standard InChI is InChI=1S/C18H15F2N3O2S/c1-10-5-3-4-6-13(10)17-22-23-18(25-17)26-11(2)16(24)21-15-8-7-12(19)9-14(15)20/h3-9,11H,1-2H3,(H,21,24)/t11-/m0/s1. The number of hydrogen-bond donors (Lipinski definition) is 1. The summed E-state index contributed by atoms with van der Waals surface area (Å²) in [5.74, 6) is -1.65. The molecule has 134 valence electrons. The number of aromatic nitrogens is 2. The van der Waals surface area contributed by atoms with E-state index in [4.69, 9.17) is 4.42 Å². The fourth-order valence-electron chi connectivity index (χ4n) is 2.21. The molecule has 0 unspecified atom stereocenters. The molecule has 0 bridgehead atoms. The maximum atomic E-state index is 13.6. The van der Waals surface area contributed by atoms with Crippen LogP contribution in [0.25, 0.3) is 11.5 Å². The van der Waals surface area contributed by atoms with Gasteiger partial charge in [-0.15, -0.1) is 10.2 Å². The van der Waals surface area contributed by atoms with Crippen LogP contribution in [0, 0.1) is 18.6 Å². The summed E-state index contributed by atoms with van der Waals surface area (Å²) in [5.41, 5.74) is 1.72. The SMILES string of the molecule is Cc1ccccc1-c1nnc(S[C@@H](C)C(=O)Nc2ccc(F)cc2F)o1. The van der Waals surface area contributed by atoms with Crippen LogP contribution in [0.4, 0.5) is 14.5 Å². The largest absolute Gasteiger partial charge is 0.411 e. The smallest absolute Gasteiger partial charge is 0.277 e. The fourth-order valence-corrected chi connectivity index (χ4v) is 2.89. The molecule has 1 N–H and O–H groups in total. The molecular formula is C18H15F2N3O2S. The number of hydrogen-bond acceptors (Lipinski definition) is 5. The average Bonchev–Trinajstić information content (AvgIpc) is 3.06. The first kappa shape index (κ1) is 18.1. The topological polar surface area (TPSA) is 68.0 Å². The van der Waals surface area contributed by atoms with E-state index in [9.17, 15) is 13.6 Å². The maximum absolute atomic E-state index is 13.6. The number of thioether (sulfide) groups is 1. The van der Waals surface area contributed by atoms with Crippen molar-refractivity contribution in [2.75, 3.05) is 5.32 Å². The van der Waals surface area contributed by atoms with Crippen LogP contribution < -0.4 is 5.32 Å². The second kappa shape index (κ2) is 7.65. The van der Waals surface area contributed by atoms with Crippen LogP contribution in [0.3, 0.4) is 0 Å². The van der Waals surface area contributed by atoms with Crippen LogP contribution in [0.15, 0.2) is 52.1 Å². The van der Waals surface area contributed by atoms with Crippen molar-refractivity contribution in [3.05, 3.63) is 59.7 Å². The highest BCUT2D eigenvalue weighted by Crippen LogP contribution is 2.28. The van der Waals surface area contributed by atoms with Gasteiger partial charge >= 0.3 is 0 Å². The second-order valence-electron chi connectivity index (χ2n) is 5.56. The molecule has 0 radical (unpaired) electrons. The van der Waals surface area contributed by atoms with Crippen LogP contribution in [0.2, 0.25) is 0 Å². The van der Waals surface area contributed by atoms with Gasteiger partial charge in [0.05, 0.1) is 10.9 Å². The molecular weight excluding hydrogens is 360 g/mol. The van der Waals surface area contributed by atoms with Crippen LogP contribution in [0.1, 0.15) is 12.5 Å². The zero-order chi connectivity index (χ0) is 18.7. The third-order valence-electron chi connectivity index (χ3n) is 3.62. The number of halogens is 2. The molecule has 0 aliphatic carbocycles. The van der Waals surface area contributed by atoms with Crippen molar-refractivity contribution in [1.82, 2.24) is 10.2 Å². The van der Waals surface area contributed by atoms with Gasteiger partial charge in [0, 0.05) is 11.6 Å². The summed E-state index contributed by atoms with van der Waals surface area (Å²) in [6.07, 6.45) is 0. The first-order valence-corrected chi connectivity index (χ1v) is 8.64. The normalized spacial score (nSPS) is 12.0. The summed E-state index contributed by atoms with van der Waals surface area (Å²) in [4.78, 5) is 12.2. The Labute approximate surface area is 152 Å². The molecule has 2 aromatic carbocycles. The van der Waals surface area contributed by atoms with Crippen molar-refractivity contribution in [2.24, 2.45) is 0 Å². The lowest BCUT2D eigenvalue weighted by Crippen LogP contribution is -2.23. The number of nitrogens with one attached hydrogen (secondary N) is 1. The summed E-state index contributed by atoms with van der Waals surface area (Å²) in [6.45, 7) is 3.55. The molecule has 1 aromatic heterocycles. The van der Waals surface area contributed by atoms with Crippen LogP contribution in [-0.4, -0.2) is 21.4 Å². The molecule has 5 nitrogen and oxygen atoms in total. The van der Waals surface area contributed by atoms with E-state index >= 15 is 0 Å². The van der Waals surface area contributed by atoms with Crippen LogP contribution in [0.5, 0.6) is 0 Å². The number of anilines is 1. The zero-order valence-corrected chi connectivity index (χ0v) is 14.8. The highest BCUT2D eigenvalue weighted by atomic mass is 32.2. The fraction of sp³-hybridized carbons (Fsp3) is 0.167. The number of aryl methyl sites for hydroxylation is 1. The maximum Gasteiger partial charge on any atom is 0.277 e. The van der Waals surface area contributed by atoms with Crippen LogP contribution in [-0.2, 0) is 4.79 Å². The summed E-state index contributed by atoms with van der Waals surface area (Å²) in [5, 5.41) is 9.95. The number of carbonyl (C=O) groups is 1. The van der Waals surface area contributed by atoms with E-state index < -0.39 is 22.8 Å². The molecule has 3 aromatic rings. The Morgan fingerprint density at radius 1 is 1.19 bits per heavy atom. The lowest BCUT2D eigenvalue weighted by Gasteiger charge is -2.10. The third kappa shape index (κ3) is 4.08. The predicted molar refractivity (Wildman–Crippen MR) is 94.8 cm³/mol. The van der Waals surface area contributed by atoms with Crippen molar-refractivity contribution in [2.45, 2.75) is 24.3 Å². The molecule has 0 saturated heterocycles. The van der Waals surface area contributed by atoms with E-state index in [0.29, 0.717) is 12.0 Å². The number of amides is 1. The van der Waals surface area contributed by atoms with Gasteiger partial charge in [0.1, 0.15) is 11.6 Å². The first-order chi connectivity index (χ1) is 12.4. The molecule has 1 heterocycles. The second-order valence-corrected chi connectivity index (χ2v) is 6.85. The van der Waals surface area contributed by atoms with E-state index in [1.54, 1.807) is 6.92 Å².